The molecule has 0 aliphatic carbocycles. The van der Waals surface area contributed by atoms with Gasteiger partial charge >= 0.3 is 0 Å². The van der Waals surface area contributed by atoms with Gasteiger partial charge in [0.25, 0.3) is 0 Å². The predicted molar refractivity (Wildman–Crippen MR) is 32.7 cm³/mol. The number of hydrogen-bond acceptors (Lipinski definition) is 1. The minimum Gasteiger partial charge on any atom is -0.158 e. The summed E-state index contributed by atoms with van der Waals surface area (Å²) in [6, 6.07) is 8.67. The molecule has 42 valence electrons. The second kappa shape index (κ2) is 1.58. The van der Waals surface area contributed by atoms with E-state index >= 15 is 0 Å². The maximum absolute atomic E-state index is 3.84. The quantitative estimate of drug-likeness (QED) is 0.432. The smallest absolute Gasteiger partial charge is 0.0951 e. The Balaban J connectivity index is 2.97. The van der Waals surface area contributed by atoms with Crippen LogP contribution in [0.15, 0.2) is 23.3 Å². The first-order valence-corrected chi connectivity index (χ1v) is 2.71. The minimum atomic E-state index is 0.914. The normalized spacial score (nSPS) is 12.9. The van der Waals surface area contributed by atoms with E-state index in [1.807, 2.05) is 18.2 Å². The number of benzene rings is 1. The minimum absolute atomic E-state index is 0.914. The summed E-state index contributed by atoms with van der Waals surface area (Å²) in [4.78, 5) is 0. The van der Waals surface area contributed by atoms with Gasteiger partial charge in [0, 0.05) is 5.22 Å². The van der Waals surface area contributed by atoms with Crippen molar-refractivity contribution in [2.75, 3.05) is 0 Å². The molecule has 1 heterocycles. The molecule has 0 saturated carbocycles. The molecule has 9 heavy (non-hydrogen) atoms. The predicted octanol–water partition coefficient (Wildman–Crippen LogP) is -0.623. The highest BCUT2D eigenvalue weighted by Gasteiger charge is 1.90. The van der Waals surface area contributed by atoms with E-state index in [0.29, 0.717) is 0 Å². The van der Waals surface area contributed by atoms with Crippen LogP contribution in [0.5, 0.6) is 0 Å². The van der Waals surface area contributed by atoms with E-state index in [1.165, 1.54) is 0 Å². The van der Waals surface area contributed by atoms with Crippen molar-refractivity contribution in [3.8, 4) is 0 Å². The van der Waals surface area contributed by atoms with Crippen LogP contribution in [0.3, 0.4) is 0 Å². The lowest BCUT2D eigenvalue weighted by Gasteiger charge is -1.75. The van der Waals surface area contributed by atoms with Crippen LogP contribution < -0.4 is 16.0 Å². The molecule has 0 saturated heterocycles. The van der Waals surface area contributed by atoms with E-state index in [0.717, 1.165) is 10.6 Å². The maximum Gasteiger partial charge on any atom is 0.0951 e. The highest BCUT2D eigenvalue weighted by molar-refractivity contribution is 5.22. The Bertz CT molecular complexity index is 294. The largest absolute Gasteiger partial charge is 0.158 e. The Kier molecular flexibility index (Phi) is 0.803. The van der Waals surface area contributed by atoms with Gasteiger partial charge in [0.15, 0.2) is 0 Å². The molecular weight excluding hydrogens is 112 g/mol. The van der Waals surface area contributed by atoms with Crippen LogP contribution in [0, 0.1) is 6.07 Å². The van der Waals surface area contributed by atoms with Crippen molar-refractivity contribution >= 4 is 6.20 Å². The lowest BCUT2D eigenvalue weighted by atomic mass is 10.3. The van der Waals surface area contributed by atoms with Crippen LogP contribution >= 0.6 is 0 Å². The van der Waals surface area contributed by atoms with Crippen molar-refractivity contribution in [3.05, 3.63) is 34.8 Å². The Morgan fingerprint density at radius 2 is 2.44 bits per heavy atom. The summed E-state index contributed by atoms with van der Waals surface area (Å²) in [5, 5.41) is 5.74. The van der Waals surface area contributed by atoms with Crippen molar-refractivity contribution in [3.63, 3.8) is 0 Å². The van der Waals surface area contributed by atoms with Gasteiger partial charge in [0.2, 0.25) is 0 Å². The monoisotopic (exact) mass is 116 g/mol. The Labute approximate surface area is 52.5 Å². The summed E-state index contributed by atoms with van der Waals surface area (Å²) in [7, 11) is 0. The van der Waals surface area contributed by atoms with Gasteiger partial charge in [0.05, 0.1) is 11.6 Å². The summed E-state index contributed by atoms with van der Waals surface area (Å²) < 4.78 is 0. The molecule has 0 aromatic heterocycles. The zero-order valence-corrected chi connectivity index (χ0v) is 4.70. The molecule has 1 aliphatic heterocycles. The molecule has 0 N–H and O–H groups in total. The molecule has 2 heteroatoms. The molecule has 0 unspecified atom stereocenters. The Morgan fingerprint density at radius 1 is 1.44 bits per heavy atom. The van der Waals surface area contributed by atoms with Gasteiger partial charge in [-0.25, -0.2) is 0 Å². The molecule has 0 spiro atoms. The standard InChI is InChI=1S/C7H4N2/c1-2-4-7-6(3-1)5-8-9-7/h1-2,4-5H. The summed E-state index contributed by atoms with van der Waals surface area (Å²) in [5.41, 5.74) is 3.72. The van der Waals surface area contributed by atoms with Gasteiger partial charge < -0.3 is 0 Å². The van der Waals surface area contributed by atoms with Crippen molar-refractivity contribution in [2.45, 2.75) is 0 Å². The molecule has 1 aliphatic rings. The fourth-order valence-electron chi connectivity index (χ4n) is 0.780. The van der Waals surface area contributed by atoms with E-state index in [2.05, 4.69) is 16.6 Å². The first-order chi connectivity index (χ1) is 4.47. The molecular formula is C7H4N2. The molecule has 0 amide bonds. The van der Waals surface area contributed by atoms with Crippen LogP contribution in [-0.2, 0) is 0 Å². The number of rotatable bonds is 0. The highest BCUT2D eigenvalue weighted by atomic mass is 15.3. The number of hydrogen-bond donors (Lipinski definition) is 0. The molecule has 2 radical (unpaired) electrons. The van der Waals surface area contributed by atoms with E-state index in [1.54, 1.807) is 6.20 Å². The molecule has 2 nitrogen and oxygen atoms in total. The van der Waals surface area contributed by atoms with Crippen molar-refractivity contribution < 1.29 is 0 Å². The lowest BCUT2D eigenvalue weighted by Crippen LogP contribution is -2.20. The van der Waals surface area contributed by atoms with Gasteiger partial charge in [-0.2, -0.15) is 10.5 Å². The highest BCUT2D eigenvalue weighted by Crippen LogP contribution is 1.74. The van der Waals surface area contributed by atoms with Gasteiger partial charge in [-0.05, 0) is 12.1 Å². The molecule has 0 fully saturated rings. The fourth-order valence-corrected chi connectivity index (χ4v) is 0.780. The third-order valence-corrected chi connectivity index (χ3v) is 1.22. The maximum atomic E-state index is 3.84. The van der Waals surface area contributed by atoms with Crippen LogP contribution in [0.1, 0.15) is 0 Å². The SMILES string of the molecule is [c]1cccc2c1=C[N]N=2. The third-order valence-electron chi connectivity index (χ3n) is 1.22. The Morgan fingerprint density at radius 3 is 3.33 bits per heavy atom. The fraction of sp³-hybridized carbons (Fsp3) is 0. The van der Waals surface area contributed by atoms with Gasteiger partial charge in [0.1, 0.15) is 0 Å². The molecule has 1 aromatic carbocycles. The number of fused-ring (bicyclic) bond motifs is 1. The third kappa shape index (κ3) is 0.598. The van der Waals surface area contributed by atoms with E-state index < -0.39 is 0 Å². The van der Waals surface area contributed by atoms with E-state index in [-0.39, 0.29) is 0 Å². The van der Waals surface area contributed by atoms with E-state index in [4.69, 9.17) is 0 Å². The van der Waals surface area contributed by atoms with Crippen LogP contribution in [-0.4, -0.2) is 0 Å². The van der Waals surface area contributed by atoms with Gasteiger partial charge in [-0.15, -0.1) is 0 Å². The molecule has 1 aromatic rings. The van der Waals surface area contributed by atoms with Crippen molar-refractivity contribution in [1.82, 2.24) is 5.43 Å². The summed E-state index contributed by atoms with van der Waals surface area (Å²) in [6.07, 6.45) is 1.70. The zero-order valence-electron chi connectivity index (χ0n) is 4.70. The average Bonchev–Trinajstić information content (AvgIpc) is 2.33. The van der Waals surface area contributed by atoms with Crippen molar-refractivity contribution in [1.29, 1.82) is 0 Å². The van der Waals surface area contributed by atoms with E-state index in [9.17, 15) is 0 Å². The molecule has 0 atom stereocenters. The van der Waals surface area contributed by atoms with Crippen LogP contribution in [0.4, 0.5) is 0 Å². The first-order valence-electron chi connectivity index (χ1n) is 2.71. The summed E-state index contributed by atoms with van der Waals surface area (Å²) >= 11 is 0. The zero-order chi connectivity index (χ0) is 6.10. The van der Waals surface area contributed by atoms with Gasteiger partial charge in [-0.1, -0.05) is 12.1 Å². The second-order valence-corrected chi connectivity index (χ2v) is 1.81. The second-order valence-electron chi connectivity index (χ2n) is 1.81. The number of nitrogens with zero attached hydrogens (tertiary/aromatic N) is 2. The first kappa shape index (κ1) is 4.56. The topological polar surface area (TPSA) is 26.5 Å². The Hall–Kier alpha value is -1.31. The average molecular weight is 116 g/mol. The van der Waals surface area contributed by atoms with Crippen molar-refractivity contribution in [2.24, 2.45) is 5.10 Å². The molecule has 2 rings (SSSR count). The van der Waals surface area contributed by atoms with Gasteiger partial charge in [-0.3, -0.25) is 0 Å². The summed E-state index contributed by atoms with van der Waals surface area (Å²) in [6.45, 7) is 0. The van der Waals surface area contributed by atoms with Crippen LogP contribution in [0.25, 0.3) is 6.20 Å². The van der Waals surface area contributed by atoms with Crippen LogP contribution in [0.2, 0.25) is 0 Å². The molecule has 0 bridgehead atoms. The summed E-state index contributed by atoms with van der Waals surface area (Å²) in [5.74, 6) is 0. The lowest BCUT2D eigenvalue weighted by molar-refractivity contribution is 0.980.